The van der Waals surface area contributed by atoms with E-state index in [9.17, 15) is 13.2 Å². The first-order valence-corrected chi connectivity index (χ1v) is 14.5. The lowest BCUT2D eigenvalue weighted by Crippen LogP contribution is -2.38. The molecule has 0 unspecified atom stereocenters. The summed E-state index contributed by atoms with van der Waals surface area (Å²) >= 11 is 5.83. The van der Waals surface area contributed by atoms with Crippen LogP contribution >= 0.6 is 11.6 Å². The zero-order chi connectivity index (χ0) is 27.9. The molecule has 4 aromatic heterocycles. The van der Waals surface area contributed by atoms with Crippen LogP contribution in [0.1, 0.15) is 40.4 Å². The third-order valence-electron chi connectivity index (χ3n) is 6.98. The monoisotopic (exact) mass is 576 g/mol. The lowest BCUT2D eigenvalue weighted by molar-refractivity contribution is 0.102. The zero-order valence-electron chi connectivity index (χ0n) is 21.5. The van der Waals surface area contributed by atoms with Crippen molar-refractivity contribution >= 4 is 39.0 Å². The van der Waals surface area contributed by atoms with Crippen LogP contribution in [0.3, 0.4) is 0 Å². The van der Waals surface area contributed by atoms with Crippen LogP contribution in [0.2, 0.25) is 5.15 Å². The highest BCUT2D eigenvalue weighted by Gasteiger charge is 2.32. The van der Waals surface area contributed by atoms with Crippen LogP contribution in [0.5, 0.6) is 0 Å². The van der Waals surface area contributed by atoms with Crippen LogP contribution in [0, 0.1) is 6.92 Å². The summed E-state index contributed by atoms with van der Waals surface area (Å²) < 4.78 is 30.9. The molecule has 6 rings (SSSR count). The number of aryl methyl sites for hydroxylation is 1. The van der Waals surface area contributed by atoms with Gasteiger partial charge < -0.3 is 5.32 Å². The number of piperidine rings is 1. The van der Waals surface area contributed by atoms with E-state index in [0.717, 1.165) is 16.9 Å². The summed E-state index contributed by atoms with van der Waals surface area (Å²) in [7, 11) is -3.68. The van der Waals surface area contributed by atoms with Crippen LogP contribution in [-0.4, -0.2) is 61.1 Å². The second-order valence-corrected chi connectivity index (χ2v) is 11.9. The summed E-state index contributed by atoms with van der Waals surface area (Å²) in [6.07, 6.45) is 7.26. The van der Waals surface area contributed by atoms with Crippen molar-refractivity contribution in [3.63, 3.8) is 0 Å². The van der Waals surface area contributed by atoms with Crippen LogP contribution in [0.4, 0.5) is 5.82 Å². The number of pyridine rings is 1. The quantitative estimate of drug-likeness (QED) is 0.302. The van der Waals surface area contributed by atoms with E-state index in [0.29, 0.717) is 43.0 Å². The van der Waals surface area contributed by atoms with E-state index in [2.05, 4.69) is 20.4 Å². The first-order chi connectivity index (χ1) is 19.3. The summed E-state index contributed by atoms with van der Waals surface area (Å²) in [4.78, 5) is 21.6. The fraction of sp³-hybridized carbons (Fsp3) is 0.222. The van der Waals surface area contributed by atoms with E-state index in [1.807, 2.05) is 37.3 Å². The zero-order valence-corrected chi connectivity index (χ0v) is 23.0. The molecule has 1 amide bonds. The lowest BCUT2D eigenvalue weighted by atomic mass is 9.95. The fourth-order valence-electron chi connectivity index (χ4n) is 4.80. The van der Waals surface area contributed by atoms with E-state index < -0.39 is 10.0 Å². The number of carbonyl (C=O) groups is 1. The van der Waals surface area contributed by atoms with Crippen molar-refractivity contribution < 1.29 is 13.2 Å². The van der Waals surface area contributed by atoms with Gasteiger partial charge in [0.1, 0.15) is 21.4 Å². The number of amides is 1. The minimum Gasteiger partial charge on any atom is -0.306 e. The topological polar surface area (TPSA) is 127 Å². The van der Waals surface area contributed by atoms with Crippen molar-refractivity contribution in [3.05, 3.63) is 95.3 Å². The minimum atomic E-state index is -3.68. The average Bonchev–Trinajstić information content (AvgIpc) is 3.59. The van der Waals surface area contributed by atoms with Gasteiger partial charge in [0, 0.05) is 43.7 Å². The van der Waals surface area contributed by atoms with Gasteiger partial charge in [-0.3, -0.25) is 4.79 Å². The Morgan fingerprint density at radius 1 is 1.05 bits per heavy atom. The maximum absolute atomic E-state index is 13.3. The molecule has 204 valence electrons. The average molecular weight is 577 g/mol. The Morgan fingerprint density at radius 2 is 1.82 bits per heavy atom. The summed E-state index contributed by atoms with van der Waals surface area (Å²) in [5.41, 5.74) is 3.46. The molecule has 1 aliphatic rings. The smallest absolute Gasteiger partial charge is 0.262 e. The second-order valence-electron chi connectivity index (χ2n) is 9.60. The Bertz CT molecular complexity index is 1790. The number of hydrogen-bond donors (Lipinski definition) is 1. The maximum atomic E-state index is 13.3. The Morgan fingerprint density at radius 3 is 2.55 bits per heavy atom. The number of aromatic nitrogens is 6. The molecule has 1 aliphatic heterocycles. The molecule has 5 aromatic rings. The van der Waals surface area contributed by atoms with Gasteiger partial charge >= 0.3 is 0 Å². The van der Waals surface area contributed by atoms with E-state index in [1.54, 1.807) is 27.7 Å². The first kappa shape index (κ1) is 26.1. The van der Waals surface area contributed by atoms with Crippen molar-refractivity contribution in [2.24, 2.45) is 0 Å². The number of benzene rings is 1. The molecule has 11 nitrogen and oxygen atoms in total. The molecule has 0 saturated carbocycles. The van der Waals surface area contributed by atoms with E-state index in [4.69, 9.17) is 16.7 Å². The molecule has 1 fully saturated rings. The molecule has 40 heavy (non-hydrogen) atoms. The molecule has 0 spiro atoms. The van der Waals surface area contributed by atoms with E-state index >= 15 is 0 Å². The Balaban J connectivity index is 1.26. The normalized spacial score (nSPS) is 14.9. The molecule has 1 aromatic carbocycles. The fourth-order valence-corrected chi connectivity index (χ4v) is 6.32. The third kappa shape index (κ3) is 4.96. The number of anilines is 1. The van der Waals surface area contributed by atoms with Crippen molar-refractivity contribution in [3.8, 4) is 5.69 Å². The second kappa shape index (κ2) is 10.5. The Kier molecular flexibility index (Phi) is 6.82. The summed E-state index contributed by atoms with van der Waals surface area (Å²) in [5.74, 6) is 0.156. The van der Waals surface area contributed by atoms with Crippen LogP contribution < -0.4 is 5.32 Å². The van der Waals surface area contributed by atoms with Crippen molar-refractivity contribution in [1.29, 1.82) is 0 Å². The molecule has 5 heterocycles. The highest BCUT2D eigenvalue weighted by atomic mass is 35.5. The molecule has 0 bridgehead atoms. The molecule has 1 N–H and O–H groups in total. The van der Waals surface area contributed by atoms with Gasteiger partial charge in [-0.05, 0) is 50.1 Å². The SMILES string of the molecule is Cc1ccc(-n2nc(C3CCN(S(=O)(=O)c4ccc(Cl)nc4)CC3)cc2NC(=O)c2cnn3cccnc23)cc1. The summed E-state index contributed by atoms with van der Waals surface area (Å²) in [6, 6.07) is 14.4. The number of hydrogen-bond acceptors (Lipinski definition) is 7. The molecular weight excluding hydrogens is 552 g/mol. The Labute approximate surface area is 235 Å². The molecular formula is C27H25ClN8O3S. The number of carbonyl (C=O) groups excluding carboxylic acids is 1. The number of sulfonamides is 1. The first-order valence-electron chi connectivity index (χ1n) is 12.7. The maximum Gasteiger partial charge on any atom is 0.262 e. The number of halogens is 1. The molecule has 0 aliphatic carbocycles. The number of nitrogens with zero attached hydrogens (tertiary/aromatic N) is 7. The van der Waals surface area contributed by atoms with Crippen molar-refractivity contribution in [2.75, 3.05) is 18.4 Å². The number of fused-ring (bicyclic) bond motifs is 1. The van der Waals surface area contributed by atoms with Gasteiger partial charge in [0.2, 0.25) is 10.0 Å². The predicted octanol–water partition coefficient (Wildman–Crippen LogP) is 4.09. The third-order valence-corrected chi connectivity index (χ3v) is 9.09. The molecule has 0 radical (unpaired) electrons. The largest absolute Gasteiger partial charge is 0.306 e. The summed E-state index contributed by atoms with van der Waals surface area (Å²) in [6.45, 7) is 2.67. The highest BCUT2D eigenvalue weighted by Crippen LogP contribution is 2.32. The van der Waals surface area contributed by atoms with Crippen molar-refractivity contribution in [2.45, 2.75) is 30.6 Å². The highest BCUT2D eigenvalue weighted by molar-refractivity contribution is 7.89. The van der Waals surface area contributed by atoms with Crippen LogP contribution in [0.25, 0.3) is 11.3 Å². The van der Waals surface area contributed by atoms with Crippen LogP contribution in [0.15, 0.2) is 78.2 Å². The van der Waals surface area contributed by atoms with Gasteiger partial charge in [-0.15, -0.1) is 0 Å². The van der Waals surface area contributed by atoms with Gasteiger partial charge in [-0.1, -0.05) is 29.3 Å². The Hall–Kier alpha value is -4.13. The van der Waals surface area contributed by atoms with E-state index in [1.165, 1.54) is 28.8 Å². The van der Waals surface area contributed by atoms with Crippen molar-refractivity contribution in [1.82, 2.24) is 33.7 Å². The number of rotatable bonds is 6. The summed E-state index contributed by atoms with van der Waals surface area (Å²) in [5, 5.41) is 12.3. The van der Waals surface area contributed by atoms with Gasteiger partial charge in [-0.2, -0.15) is 14.5 Å². The van der Waals surface area contributed by atoms with Gasteiger partial charge in [-0.25, -0.2) is 27.6 Å². The van der Waals surface area contributed by atoms with Gasteiger partial charge in [0.15, 0.2) is 5.65 Å². The molecule has 1 saturated heterocycles. The van der Waals surface area contributed by atoms with Gasteiger partial charge in [0.05, 0.1) is 17.6 Å². The predicted molar refractivity (Wildman–Crippen MR) is 149 cm³/mol. The lowest BCUT2D eigenvalue weighted by Gasteiger charge is -2.30. The standard InChI is InChI=1S/C27H25ClN8O3S/c1-18-3-5-20(6-4-18)36-25(32-27(37)22-17-31-35-12-2-11-29-26(22)35)15-23(33-36)19-9-13-34(14-10-19)40(38,39)21-7-8-24(28)30-16-21/h2-8,11-12,15-17,19H,9-10,13-14H2,1H3,(H,32,37). The van der Waals surface area contributed by atoms with Gasteiger partial charge in [0.25, 0.3) is 5.91 Å². The molecule has 13 heteroatoms. The van der Waals surface area contributed by atoms with Crippen LogP contribution in [-0.2, 0) is 10.0 Å². The minimum absolute atomic E-state index is 0.00999. The molecule has 0 atom stereocenters. The van der Waals surface area contributed by atoms with E-state index in [-0.39, 0.29) is 21.9 Å². The number of nitrogens with one attached hydrogen (secondary N) is 1.